The number of anilines is 1. The van der Waals surface area contributed by atoms with E-state index in [1.807, 2.05) is 19.1 Å². The van der Waals surface area contributed by atoms with E-state index < -0.39 is 5.97 Å². The molecule has 116 valence electrons. The quantitative estimate of drug-likeness (QED) is 0.687. The van der Waals surface area contributed by atoms with E-state index in [-0.39, 0.29) is 23.9 Å². The Balaban J connectivity index is 2.53. The molecule has 0 atom stereocenters. The Kier molecular flexibility index (Phi) is 4.87. The fourth-order valence-corrected chi connectivity index (χ4v) is 2.76. The topological polar surface area (TPSA) is 87.2 Å². The summed E-state index contributed by atoms with van der Waals surface area (Å²) in [6, 6.07) is 7.18. The van der Waals surface area contributed by atoms with Gasteiger partial charge < -0.3 is 10.5 Å². The molecule has 0 unspecified atom stereocenters. The number of hydrogen-bond donors (Lipinski definition) is 1. The minimum atomic E-state index is -0.576. The van der Waals surface area contributed by atoms with Gasteiger partial charge in [0.1, 0.15) is 10.6 Å². The molecule has 6 nitrogen and oxygen atoms in total. The van der Waals surface area contributed by atoms with E-state index >= 15 is 0 Å². The van der Waals surface area contributed by atoms with Crippen LogP contribution in [-0.2, 0) is 4.74 Å². The second kappa shape index (κ2) is 6.65. The maximum atomic E-state index is 12.7. The first kappa shape index (κ1) is 16.1. The number of carbonyl (C=O) groups excluding carboxylic acids is 2. The van der Waals surface area contributed by atoms with Crippen LogP contribution in [0.4, 0.5) is 5.82 Å². The maximum absolute atomic E-state index is 12.7. The zero-order valence-electron chi connectivity index (χ0n) is 12.6. The summed E-state index contributed by atoms with van der Waals surface area (Å²) in [7, 11) is 0. The van der Waals surface area contributed by atoms with Gasteiger partial charge in [-0.3, -0.25) is 4.79 Å². The van der Waals surface area contributed by atoms with Crippen LogP contribution < -0.4 is 5.73 Å². The molecule has 0 fully saturated rings. The lowest BCUT2D eigenvalue weighted by Gasteiger charge is -2.07. The van der Waals surface area contributed by atoms with Gasteiger partial charge in [-0.15, -0.1) is 16.9 Å². The fourth-order valence-electron chi connectivity index (χ4n) is 2.07. The molecule has 0 saturated carbocycles. The number of nitrogens with zero attached hydrogens (tertiary/aromatic N) is 2. The summed E-state index contributed by atoms with van der Waals surface area (Å²) in [6.07, 6.45) is 1.75. The first-order valence-electron chi connectivity index (χ1n) is 6.71. The highest BCUT2D eigenvalue weighted by atomic mass is 32.2. The van der Waals surface area contributed by atoms with Gasteiger partial charge in [-0.25, -0.2) is 4.79 Å². The van der Waals surface area contributed by atoms with E-state index in [2.05, 4.69) is 5.10 Å². The van der Waals surface area contributed by atoms with Gasteiger partial charge in [0.2, 0.25) is 0 Å². The monoisotopic (exact) mass is 319 g/mol. The summed E-state index contributed by atoms with van der Waals surface area (Å²) in [5.74, 6) is -0.914. The Morgan fingerprint density at radius 1 is 1.36 bits per heavy atom. The van der Waals surface area contributed by atoms with Crippen molar-refractivity contribution < 1.29 is 14.3 Å². The number of esters is 1. The van der Waals surface area contributed by atoms with E-state index in [1.165, 1.54) is 11.8 Å². The molecule has 2 N–H and O–H groups in total. The van der Waals surface area contributed by atoms with Crippen molar-refractivity contribution in [1.29, 1.82) is 0 Å². The molecule has 7 heteroatoms. The lowest BCUT2D eigenvalue weighted by Crippen LogP contribution is -2.16. The number of carbonyl (C=O) groups is 2. The predicted molar refractivity (Wildman–Crippen MR) is 85.3 cm³/mol. The molecule has 0 aliphatic carbocycles. The molecule has 2 aromatic rings. The van der Waals surface area contributed by atoms with Crippen LogP contribution in [0, 0.1) is 6.92 Å². The Morgan fingerprint density at radius 2 is 2.05 bits per heavy atom. The van der Waals surface area contributed by atoms with Crippen molar-refractivity contribution in [3.05, 3.63) is 41.0 Å². The molecule has 1 aromatic heterocycles. The Morgan fingerprint density at radius 3 is 2.64 bits per heavy atom. The van der Waals surface area contributed by atoms with Gasteiger partial charge in [0.15, 0.2) is 5.82 Å². The number of thioether (sulfide) groups is 1. The van der Waals surface area contributed by atoms with Crippen LogP contribution in [0.2, 0.25) is 0 Å². The highest BCUT2D eigenvalue weighted by molar-refractivity contribution is 7.98. The summed E-state index contributed by atoms with van der Waals surface area (Å²) < 4.78 is 6.14. The SMILES string of the molecule is CCOC(=O)c1c(N)nn(C(=O)c2ccccc2C)c1SC. The number of nitrogen functional groups attached to an aromatic ring is 1. The molecular formula is C15H17N3O3S. The zero-order chi connectivity index (χ0) is 16.3. The van der Waals surface area contributed by atoms with Crippen LogP contribution in [0.5, 0.6) is 0 Å². The smallest absolute Gasteiger partial charge is 0.344 e. The van der Waals surface area contributed by atoms with E-state index in [9.17, 15) is 9.59 Å². The maximum Gasteiger partial charge on any atom is 0.344 e. The first-order valence-corrected chi connectivity index (χ1v) is 7.93. The predicted octanol–water partition coefficient (Wildman–Crippen LogP) is 2.36. The third-order valence-corrected chi connectivity index (χ3v) is 3.87. The van der Waals surface area contributed by atoms with Gasteiger partial charge in [0.05, 0.1) is 6.61 Å². The molecule has 0 radical (unpaired) electrons. The lowest BCUT2D eigenvalue weighted by molar-refractivity contribution is 0.0523. The van der Waals surface area contributed by atoms with Gasteiger partial charge in [-0.1, -0.05) is 18.2 Å². The Hall–Kier alpha value is -2.28. The number of benzene rings is 1. The number of hydrogen-bond acceptors (Lipinski definition) is 6. The third-order valence-electron chi connectivity index (χ3n) is 3.11. The Labute approximate surface area is 132 Å². The van der Waals surface area contributed by atoms with Crippen molar-refractivity contribution in [2.24, 2.45) is 0 Å². The normalized spacial score (nSPS) is 10.5. The van der Waals surface area contributed by atoms with Gasteiger partial charge in [0, 0.05) is 5.56 Å². The molecule has 0 bridgehead atoms. The van der Waals surface area contributed by atoms with Crippen LogP contribution in [0.15, 0.2) is 29.3 Å². The van der Waals surface area contributed by atoms with Crippen LogP contribution in [0.3, 0.4) is 0 Å². The molecule has 0 aliphatic rings. The van der Waals surface area contributed by atoms with E-state index in [1.54, 1.807) is 25.3 Å². The number of nitrogens with two attached hydrogens (primary N) is 1. The number of aromatic nitrogens is 2. The molecular weight excluding hydrogens is 302 g/mol. The van der Waals surface area contributed by atoms with Crippen LogP contribution >= 0.6 is 11.8 Å². The summed E-state index contributed by atoms with van der Waals surface area (Å²) in [4.78, 5) is 24.7. The van der Waals surface area contributed by atoms with Crippen molar-refractivity contribution in [3.8, 4) is 0 Å². The number of ether oxygens (including phenoxy) is 1. The van der Waals surface area contributed by atoms with E-state index in [0.29, 0.717) is 10.6 Å². The summed E-state index contributed by atoms with van der Waals surface area (Å²) in [5, 5.41) is 4.40. The molecule has 22 heavy (non-hydrogen) atoms. The minimum absolute atomic E-state index is 0.00951. The summed E-state index contributed by atoms with van der Waals surface area (Å²) >= 11 is 1.22. The first-order chi connectivity index (χ1) is 10.5. The van der Waals surface area contributed by atoms with Crippen LogP contribution in [0.1, 0.15) is 33.2 Å². The third kappa shape index (κ3) is 2.85. The largest absolute Gasteiger partial charge is 0.462 e. The highest BCUT2D eigenvalue weighted by Gasteiger charge is 2.26. The summed E-state index contributed by atoms with van der Waals surface area (Å²) in [6.45, 7) is 3.77. The average molecular weight is 319 g/mol. The van der Waals surface area contributed by atoms with Crippen molar-refractivity contribution in [2.45, 2.75) is 18.9 Å². The fraction of sp³-hybridized carbons (Fsp3) is 0.267. The van der Waals surface area contributed by atoms with Gasteiger partial charge in [-0.05, 0) is 31.7 Å². The van der Waals surface area contributed by atoms with Crippen molar-refractivity contribution >= 4 is 29.5 Å². The molecule has 2 rings (SSSR count). The van der Waals surface area contributed by atoms with Gasteiger partial charge >= 0.3 is 5.97 Å². The molecule has 1 aromatic carbocycles. The molecule has 0 spiro atoms. The van der Waals surface area contributed by atoms with E-state index in [0.717, 1.165) is 10.2 Å². The van der Waals surface area contributed by atoms with Crippen molar-refractivity contribution in [3.63, 3.8) is 0 Å². The molecule has 1 heterocycles. The van der Waals surface area contributed by atoms with Gasteiger partial charge in [-0.2, -0.15) is 4.68 Å². The average Bonchev–Trinajstić information content (AvgIpc) is 2.84. The van der Waals surface area contributed by atoms with E-state index in [4.69, 9.17) is 10.5 Å². The van der Waals surface area contributed by atoms with Crippen molar-refractivity contribution in [1.82, 2.24) is 9.78 Å². The van der Waals surface area contributed by atoms with Gasteiger partial charge in [0.25, 0.3) is 5.91 Å². The number of rotatable bonds is 4. The standard InChI is InChI=1S/C15H17N3O3S/c1-4-21-15(20)11-12(16)17-18(14(11)22-3)13(19)10-8-6-5-7-9(10)2/h5-8H,4H2,1-3H3,(H2,16,17). The molecule has 0 amide bonds. The minimum Gasteiger partial charge on any atom is -0.462 e. The van der Waals surface area contributed by atoms with Crippen molar-refractivity contribution in [2.75, 3.05) is 18.6 Å². The highest BCUT2D eigenvalue weighted by Crippen LogP contribution is 2.27. The van der Waals surface area contributed by atoms with Crippen LogP contribution in [-0.4, -0.2) is 34.5 Å². The number of aryl methyl sites for hydroxylation is 1. The lowest BCUT2D eigenvalue weighted by atomic mass is 10.1. The second-order valence-electron chi connectivity index (χ2n) is 4.52. The van der Waals surface area contributed by atoms with Crippen LogP contribution in [0.25, 0.3) is 0 Å². The molecule has 0 saturated heterocycles. The zero-order valence-corrected chi connectivity index (χ0v) is 13.4. The Bertz CT molecular complexity index is 725. The summed E-state index contributed by atoms with van der Waals surface area (Å²) in [5.41, 5.74) is 7.28. The molecule has 0 aliphatic heterocycles. The second-order valence-corrected chi connectivity index (χ2v) is 5.32.